The summed E-state index contributed by atoms with van der Waals surface area (Å²) >= 11 is 0. The minimum Gasteiger partial charge on any atom is -0.438 e. The van der Waals surface area contributed by atoms with Gasteiger partial charge in [0.2, 0.25) is 5.88 Å². The maximum atomic E-state index is 10.7. The molecule has 0 aliphatic carbocycles. The molecule has 1 aromatic heterocycles. The van der Waals surface area contributed by atoms with E-state index in [1.807, 2.05) is 13.0 Å². The molecule has 0 saturated heterocycles. The summed E-state index contributed by atoms with van der Waals surface area (Å²) in [4.78, 5) is 10.7. The van der Waals surface area contributed by atoms with Crippen LogP contribution in [-0.4, -0.2) is 28.6 Å². The van der Waals surface area contributed by atoms with Crippen LogP contribution in [0.3, 0.4) is 0 Å². The number of carbonyl (C=O) groups is 1. The normalized spacial score (nSPS) is 15.9. The Hall–Kier alpha value is -2.76. The summed E-state index contributed by atoms with van der Waals surface area (Å²) in [5, 5.41) is 26.2. The van der Waals surface area contributed by atoms with Gasteiger partial charge in [-0.1, -0.05) is 0 Å². The Balaban J connectivity index is 1.90. The zero-order valence-electron chi connectivity index (χ0n) is 12.3. The second kappa shape index (κ2) is 6.16. The van der Waals surface area contributed by atoms with Gasteiger partial charge in [0.05, 0.1) is 6.10 Å². The second-order valence-electron chi connectivity index (χ2n) is 5.09. The zero-order valence-corrected chi connectivity index (χ0v) is 12.3. The molecule has 0 fully saturated rings. The molecule has 1 aliphatic rings. The Morgan fingerprint density at radius 2 is 2.30 bits per heavy atom. The lowest BCUT2D eigenvalue weighted by atomic mass is 9.77. The van der Waals surface area contributed by atoms with Crippen molar-refractivity contribution in [3.8, 4) is 17.7 Å². The number of benzene rings is 1. The summed E-state index contributed by atoms with van der Waals surface area (Å²) in [5.74, 6) is 0.704. The van der Waals surface area contributed by atoms with Crippen molar-refractivity contribution in [3.63, 3.8) is 0 Å². The van der Waals surface area contributed by atoms with Gasteiger partial charge >= 0.3 is 7.12 Å². The van der Waals surface area contributed by atoms with Crippen molar-refractivity contribution in [1.29, 1.82) is 5.26 Å². The average molecular weight is 309 g/mol. The summed E-state index contributed by atoms with van der Waals surface area (Å²) < 4.78 is 11.0. The van der Waals surface area contributed by atoms with Crippen molar-refractivity contribution in [1.82, 2.24) is 10.2 Å². The van der Waals surface area contributed by atoms with Crippen LogP contribution in [0.15, 0.2) is 24.3 Å². The lowest BCUT2D eigenvalue weighted by molar-refractivity contribution is -0.109. The van der Waals surface area contributed by atoms with Crippen LogP contribution in [-0.2, 0) is 9.45 Å². The van der Waals surface area contributed by atoms with Gasteiger partial charge in [0, 0.05) is 12.5 Å². The zero-order chi connectivity index (χ0) is 16.4. The van der Waals surface area contributed by atoms with Crippen LogP contribution in [0.1, 0.15) is 29.3 Å². The highest BCUT2D eigenvalue weighted by molar-refractivity contribution is 6.62. The first-order valence-corrected chi connectivity index (χ1v) is 6.95. The molecule has 7 nitrogen and oxygen atoms in total. The summed E-state index contributed by atoms with van der Waals surface area (Å²) in [6, 6.07) is 8.34. The Kier molecular flexibility index (Phi) is 4.06. The van der Waals surface area contributed by atoms with Gasteiger partial charge in [-0.05, 0) is 41.7 Å². The van der Waals surface area contributed by atoms with Crippen LogP contribution in [0, 0.1) is 18.3 Å². The molecule has 3 rings (SSSR count). The van der Waals surface area contributed by atoms with Crippen molar-refractivity contribution < 1.29 is 19.2 Å². The second-order valence-corrected chi connectivity index (χ2v) is 5.09. The molecule has 1 N–H and O–H groups in total. The monoisotopic (exact) mass is 309 g/mol. The van der Waals surface area contributed by atoms with Gasteiger partial charge in [-0.15, -0.1) is 10.2 Å². The van der Waals surface area contributed by atoms with Crippen LogP contribution in [0.25, 0.3) is 0 Å². The van der Waals surface area contributed by atoms with Gasteiger partial charge in [-0.25, -0.2) is 0 Å². The van der Waals surface area contributed by atoms with Crippen molar-refractivity contribution in [2.75, 3.05) is 0 Å². The number of aromatic nitrogens is 2. The largest absolute Gasteiger partial charge is 0.492 e. The van der Waals surface area contributed by atoms with Gasteiger partial charge in [-0.2, -0.15) is 5.26 Å². The van der Waals surface area contributed by atoms with E-state index in [0.717, 1.165) is 17.4 Å². The molecule has 2 heterocycles. The van der Waals surface area contributed by atoms with E-state index in [1.54, 1.807) is 12.1 Å². The lowest BCUT2D eigenvalue weighted by Gasteiger charge is -2.12. The molecule has 23 heavy (non-hydrogen) atoms. The highest BCUT2D eigenvalue weighted by atomic mass is 16.5. The number of nitriles is 1. The molecular weight excluding hydrogens is 297 g/mol. The van der Waals surface area contributed by atoms with Crippen LogP contribution in [0.5, 0.6) is 11.6 Å². The SMILES string of the molecule is Cc1cc(Oc2ccc(C#N)nn2)cc2c1C(CC=O)OB2O. The highest BCUT2D eigenvalue weighted by Crippen LogP contribution is 2.32. The van der Waals surface area contributed by atoms with E-state index in [1.165, 1.54) is 12.1 Å². The molecule has 1 unspecified atom stereocenters. The number of hydrogen-bond donors (Lipinski definition) is 1. The van der Waals surface area contributed by atoms with Crippen LogP contribution in [0.2, 0.25) is 0 Å². The first-order chi connectivity index (χ1) is 11.1. The van der Waals surface area contributed by atoms with E-state index in [-0.39, 0.29) is 18.0 Å². The summed E-state index contributed by atoms with van der Waals surface area (Å²) in [6.45, 7) is 1.86. The van der Waals surface area contributed by atoms with Crippen molar-refractivity contribution in [2.45, 2.75) is 19.4 Å². The fourth-order valence-electron chi connectivity index (χ4n) is 2.61. The third kappa shape index (κ3) is 2.92. The highest BCUT2D eigenvalue weighted by Gasteiger charge is 2.36. The minimum absolute atomic E-state index is 0.187. The average Bonchev–Trinajstić information content (AvgIpc) is 2.85. The summed E-state index contributed by atoms with van der Waals surface area (Å²) in [5.41, 5.74) is 2.43. The van der Waals surface area contributed by atoms with E-state index >= 15 is 0 Å². The molecular formula is C15H12BN3O4. The lowest BCUT2D eigenvalue weighted by Crippen LogP contribution is -2.28. The van der Waals surface area contributed by atoms with Gasteiger partial charge in [-0.3, -0.25) is 0 Å². The van der Waals surface area contributed by atoms with Gasteiger partial charge in [0.1, 0.15) is 18.1 Å². The molecule has 0 saturated carbocycles. The number of nitrogens with zero attached hydrogens (tertiary/aromatic N) is 3. The fourth-order valence-corrected chi connectivity index (χ4v) is 2.61. The van der Waals surface area contributed by atoms with E-state index in [0.29, 0.717) is 11.2 Å². The Bertz CT molecular complexity index is 789. The standard InChI is InChI=1S/C15H12BN3O4/c1-9-6-11(22-14-3-2-10(8-17)18-19-14)7-12-15(9)13(4-5-20)23-16(12)21/h2-3,5-7,13,21H,4H2,1H3. The first kappa shape index (κ1) is 15.2. The van der Waals surface area contributed by atoms with E-state index in [4.69, 9.17) is 14.7 Å². The number of hydrogen-bond acceptors (Lipinski definition) is 7. The molecule has 1 aromatic carbocycles. The van der Waals surface area contributed by atoms with Gasteiger partial charge in [0.25, 0.3) is 0 Å². The van der Waals surface area contributed by atoms with E-state index in [2.05, 4.69) is 10.2 Å². The van der Waals surface area contributed by atoms with Gasteiger partial charge in [0.15, 0.2) is 5.69 Å². The number of ether oxygens (including phenoxy) is 1. The number of aldehydes is 1. The van der Waals surface area contributed by atoms with Crippen LogP contribution >= 0.6 is 0 Å². The smallest absolute Gasteiger partial charge is 0.438 e. The third-order valence-electron chi connectivity index (χ3n) is 3.56. The predicted octanol–water partition coefficient (Wildman–Crippen LogP) is 0.797. The Morgan fingerprint density at radius 3 is 2.96 bits per heavy atom. The maximum absolute atomic E-state index is 10.7. The molecule has 0 spiro atoms. The third-order valence-corrected chi connectivity index (χ3v) is 3.56. The van der Waals surface area contributed by atoms with Crippen LogP contribution in [0.4, 0.5) is 0 Å². The number of fused-ring (bicyclic) bond motifs is 1. The number of carbonyl (C=O) groups excluding carboxylic acids is 1. The summed E-state index contributed by atoms with van der Waals surface area (Å²) in [6.07, 6.45) is 0.510. The maximum Gasteiger partial charge on any atom is 0.492 e. The Morgan fingerprint density at radius 1 is 1.48 bits per heavy atom. The van der Waals surface area contributed by atoms with E-state index < -0.39 is 13.2 Å². The minimum atomic E-state index is -1.09. The fraction of sp³-hybridized carbons (Fsp3) is 0.200. The number of rotatable bonds is 4. The number of aryl methyl sites for hydroxylation is 1. The van der Waals surface area contributed by atoms with Gasteiger partial charge < -0.3 is 19.2 Å². The van der Waals surface area contributed by atoms with Crippen molar-refractivity contribution in [2.24, 2.45) is 0 Å². The molecule has 0 bridgehead atoms. The topological polar surface area (TPSA) is 105 Å². The molecule has 114 valence electrons. The molecule has 1 aliphatic heterocycles. The molecule has 1 atom stereocenters. The molecule has 2 aromatic rings. The van der Waals surface area contributed by atoms with Crippen LogP contribution < -0.4 is 10.2 Å². The first-order valence-electron chi connectivity index (χ1n) is 6.95. The summed E-state index contributed by atoms with van der Waals surface area (Å²) in [7, 11) is -1.09. The van der Waals surface area contributed by atoms with Crippen molar-refractivity contribution in [3.05, 3.63) is 41.1 Å². The predicted molar refractivity (Wildman–Crippen MR) is 80.1 cm³/mol. The van der Waals surface area contributed by atoms with Crippen molar-refractivity contribution >= 4 is 18.9 Å². The quantitative estimate of drug-likeness (QED) is 0.657. The molecule has 8 heteroatoms. The Labute approximate surface area is 132 Å². The molecule has 0 radical (unpaired) electrons. The molecule has 0 amide bonds. The van der Waals surface area contributed by atoms with E-state index in [9.17, 15) is 9.82 Å².